The first-order valence-corrected chi connectivity index (χ1v) is 11.8. The van der Waals surface area contributed by atoms with E-state index in [1.807, 2.05) is 0 Å². The van der Waals surface area contributed by atoms with Crippen molar-refractivity contribution in [2.45, 2.75) is 20.8 Å². The Morgan fingerprint density at radius 3 is 2.65 bits per heavy atom. The molecule has 3 amide bonds. The predicted molar refractivity (Wildman–Crippen MR) is 141 cm³/mol. The van der Waals surface area contributed by atoms with Crippen LogP contribution in [-0.4, -0.2) is 76.1 Å². The summed E-state index contributed by atoms with van der Waals surface area (Å²) in [7, 11) is 0. The van der Waals surface area contributed by atoms with E-state index in [1.165, 1.54) is 18.5 Å². The number of amidine groups is 1. The second kappa shape index (κ2) is 13.5. The molecule has 0 bridgehead atoms. The highest BCUT2D eigenvalue weighted by atomic mass is 16.7. The summed E-state index contributed by atoms with van der Waals surface area (Å²) in [6, 6.07) is 6.38. The summed E-state index contributed by atoms with van der Waals surface area (Å²) in [5.74, 6) is -1.76. The number of carbonyl (C=O) groups is 4. The van der Waals surface area contributed by atoms with Crippen molar-refractivity contribution in [3.8, 4) is 0 Å². The normalized spacial score (nSPS) is 11.3. The lowest BCUT2D eigenvalue weighted by atomic mass is 10.1. The standard InChI is InChI=1S/C25H27N7O8/c1-4-32(25(37)39-13-38-20(34)11-33)24(36)17-10-27-21(15(17)3)22(28-12-26)29-18-9-16(6-5-14(18)2)23(35)30-19-7-8-40-31-19/h5-10,12,27,33H,4,11,13H2,1-3H3,(H2,26,28,29)(H,30,31,35). The molecule has 40 heavy (non-hydrogen) atoms. The van der Waals surface area contributed by atoms with Crippen molar-refractivity contribution in [2.24, 2.45) is 15.7 Å². The Balaban J connectivity index is 1.87. The van der Waals surface area contributed by atoms with Crippen LogP contribution in [0.3, 0.4) is 0 Å². The molecule has 0 saturated heterocycles. The largest absolute Gasteiger partial charge is 0.426 e. The van der Waals surface area contributed by atoms with Gasteiger partial charge < -0.3 is 35.1 Å². The molecule has 0 unspecified atom stereocenters. The van der Waals surface area contributed by atoms with E-state index >= 15 is 0 Å². The lowest BCUT2D eigenvalue weighted by Crippen LogP contribution is -2.38. The van der Waals surface area contributed by atoms with Crippen LogP contribution in [0.1, 0.15) is 44.5 Å². The summed E-state index contributed by atoms with van der Waals surface area (Å²) in [5, 5.41) is 14.9. The predicted octanol–water partition coefficient (Wildman–Crippen LogP) is 2.03. The fraction of sp³-hybridized carbons (Fsp3) is 0.240. The lowest BCUT2D eigenvalue weighted by Gasteiger charge is -2.18. The van der Waals surface area contributed by atoms with Gasteiger partial charge in [0.1, 0.15) is 12.9 Å². The van der Waals surface area contributed by atoms with Crippen LogP contribution in [0.25, 0.3) is 0 Å². The Kier molecular flexibility index (Phi) is 9.85. The zero-order valence-electron chi connectivity index (χ0n) is 21.8. The number of H-pyrrole nitrogens is 1. The Morgan fingerprint density at radius 1 is 1.23 bits per heavy atom. The van der Waals surface area contributed by atoms with Crippen molar-refractivity contribution in [2.75, 3.05) is 25.3 Å². The number of aliphatic imine (C=N–C) groups is 2. The van der Waals surface area contributed by atoms with Crippen LogP contribution in [0.4, 0.5) is 16.3 Å². The number of aromatic nitrogens is 2. The number of benzene rings is 1. The first-order chi connectivity index (χ1) is 19.2. The maximum Gasteiger partial charge on any atom is 0.419 e. The van der Waals surface area contributed by atoms with Gasteiger partial charge in [0.15, 0.2) is 11.7 Å². The second-order valence-electron chi connectivity index (χ2n) is 8.01. The number of aliphatic hydroxyl groups excluding tert-OH is 1. The number of aliphatic hydroxyl groups is 1. The fourth-order valence-corrected chi connectivity index (χ4v) is 3.39. The number of esters is 1. The van der Waals surface area contributed by atoms with Crippen LogP contribution in [-0.2, 0) is 14.3 Å². The maximum atomic E-state index is 13.1. The quantitative estimate of drug-likeness (QED) is 0.131. The van der Waals surface area contributed by atoms with Gasteiger partial charge in [-0.05, 0) is 44.0 Å². The highest BCUT2D eigenvalue weighted by molar-refractivity contribution is 6.09. The Morgan fingerprint density at radius 2 is 2.00 bits per heavy atom. The molecule has 0 aliphatic rings. The molecule has 1 aromatic carbocycles. The van der Waals surface area contributed by atoms with E-state index in [4.69, 9.17) is 20.1 Å². The number of rotatable bonds is 9. The number of nitrogens with zero attached hydrogens (tertiary/aromatic N) is 4. The van der Waals surface area contributed by atoms with E-state index in [-0.39, 0.29) is 23.8 Å². The first-order valence-electron chi connectivity index (χ1n) is 11.8. The van der Waals surface area contributed by atoms with Crippen LogP contribution in [0.2, 0.25) is 0 Å². The molecule has 3 aromatic rings. The zero-order valence-corrected chi connectivity index (χ0v) is 21.8. The Hall–Kier alpha value is -5.31. The summed E-state index contributed by atoms with van der Waals surface area (Å²) in [5.41, 5.74) is 7.86. The fourth-order valence-electron chi connectivity index (χ4n) is 3.39. The van der Waals surface area contributed by atoms with Gasteiger partial charge in [-0.1, -0.05) is 11.2 Å². The van der Waals surface area contributed by atoms with Crippen LogP contribution in [0.5, 0.6) is 0 Å². The number of imide groups is 1. The monoisotopic (exact) mass is 553 g/mol. The number of aromatic amines is 1. The molecule has 2 aromatic heterocycles. The summed E-state index contributed by atoms with van der Waals surface area (Å²) in [6.45, 7) is 3.28. The minimum Gasteiger partial charge on any atom is -0.426 e. The number of hydrogen-bond acceptors (Lipinski definition) is 10. The van der Waals surface area contributed by atoms with Crippen LogP contribution in [0, 0.1) is 13.8 Å². The van der Waals surface area contributed by atoms with E-state index in [0.29, 0.717) is 22.5 Å². The van der Waals surface area contributed by atoms with Crippen molar-refractivity contribution < 1.29 is 38.3 Å². The summed E-state index contributed by atoms with van der Waals surface area (Å²) < 4.78 is 14.0. The van der Waals surface area contributed by atoms with Gasteiger partial charge in [0.2, 0.25) is 6.79 Å². The molecule has 0 spiro atoms. The topological polar surface area (TPSA) is 215 Å². The van der Waals surface area contributed by atoms with Gasteiger partial charge in [-0.2, -0.15) is 0 Å². The minimum absolute atomic E-state index is 0.0458. The van der Waals surface area contributed by atoms with Crippen LogP contribution in [0.15, 0.2) is 51.2 Å². The number of hydrogen-bond donors (Lipinski definition) is 4. The SMILES string of the molecule is CCN(C(=O)OCOC(=O)CO)C(=O)c1c[nH]c(C(N=CN)=Nc2cc(C(=O)Nc3ccon3)ccc2C)c1C. The van der Waals surface area contributed by atoms with E-state index in [2.05, 4.69) is 30.2 Å². The average molecular weight is 554 g/mol. The van der Waals surface area contributed by atoms with E-state index < -0.39 is 37.3 Å². The van der Waals surface area contributed by atoms with Gasteiger partial charge in [-0.15, -0.1) is 0 Å². The molecule has 2 heterocycles. The first kappa shape index (κ1) is 29.2. The molecule has 0 aliphatic carbocycles. The number of carbonyl (C=O) groups excluding carboxylic acids is 4. The van der Waals surface area contributed by atoms with Gasteiger partial charge in [-0.3, -0.25) is 9.59 Å². The summed E-state index contributed by atoms with van der Waals surface area (Å²) >= 11 is 0. The summed E-state index contributed by atoms with van der Waals surface area (Å²) in [6.07, 6.45) is 2.68. The molecule has 15 nitrogen and oxygen atoms in total. The highest BCUT2D eigenvalue weighted by Crippen LogP contribution is 2.24. The lowest BCUT2D eigenvalue weighted by molar-refractivity contribution is -0.155. The molecule has 15 heteroatoms. The molecule has 0 saturated carbocycles. The van der Waals surface area contributed by atoms with Crippen LogP contribution < -0.4 is 11.1 Å². The van der Waals surface area contributed by atoms with Crippen LogP contribution >= 0.6 is 0 Å². The van der Waals surface area contributed by atoms with Crippen molar-refractivity contribution in [3.05, 3.63) is 64.7 Å². The molecule has 210 valence electrons. The van der Waals surface area contributed by atoms with E-state index in [1.54, 1.807) is 39.0 Å². The number of nitrogens with one attached hydrogen (secondary N) is 2. The van der Waals surface area contributed by atoms with Gasteiger partial charge in [0, 0.05) is 24.4 Å². The third-order valence-electron chi connectivity index (χ3n) is 5.48. The number of nitrogens with two attached hydrogens (primary N) is 1. The Labute approximate surface area is 227 Å². The smallest absolute Gasteiger partial charge is 0.419 e. The van der Waals surface area contributed by atoms with Gasteiger partial charge >= 0.3 is 12.1 Å². The molecule has 5 N–H and O–H groups in total. The number of aryl methyl sites for hydroxylation is 1. The Bertz CT molecular complexity index is 1440. The van der Waals surface area contributed by atoms with Crippen molar-refractivity contribution in [1.29, 1.82) is 0 Å². The molecule has 3 rings (SSSR count). The third-order valence-corrected chi connectivity index (χ3v) is 5.48. The molecule has 0 atom stereocenters. The van der Waals surface area contributed by atoms with Gasteiger partial charge in [-0.25, -0.2) is 24.5 Å². The molecule has 0 radical (unpaired) electrons. The molecule has 0 aliphatic heterocycles. The zero-order chi connectivity index (χ0) is 29.2. The highest BCUT2D eigenvalue weighted by Gasteiger charge is 2.27. The van der Waals surface area contributed by atoms with Gasteiger partial charge in [0.05, 0.1) is 23.3 Å². The molecule has 0 fully saturated rings. The van der Waals surface area contributed by atoms with Gasteiger partial charge in [0.25, 0.3) is 11.8 Å². The maximum absolute atomic E-state index is 13.1. The second-order valence-corrected chi connectivity index (χ2v) is 8.01. The van der Waals surface area contributed by atoms with E-state index in [0.717, 1.165) is 16.8 Å². The van der Waals surface area contributed by atoms with Crippen molar-refractivity contribution in [1.82, 2.24) is 15.0 Å². The number of ether oxygens (including phenoxy) is 2. The number of amides is 3. The van der Waals surface area contributed by atoms with Crippen molar-refractivity contribution >= 4 is 47.6 Å². The minimum atomic E-state index is -1.05. The van der Waals surface area contributed by atoms with Crippen molar-refractivity contribution in [3.63, 3.8) is 0 Å². The molecular weight excluding hydrogens is 526 g/mol. The molecular formula is C25H27N7O8. The average Bonchev–Trinajstić information content (AvgIpc) is 3.59. The third kappa shape index (κ3) is 6.96. The summed E-state index contributed by atoms with van der Waals surface area (Å²) in [4.78, 5) is 61.6. The van der Waals surface area contributed by atoms with E-state index in [9.17, 15) is 19.2 Å². The number of anilines is 1.